The Kier molecular flexibility index (Phi) is 5.56. The van der Waals surface area contributed by atoms with Crippen molar-refractivity contribution in [3.63, 3.8) is 0 Å². The largest absolute Gasteiger partial charge is 0.508 e. The third-order valence-corrected chi connectivity index (χ3v) is 4.43. The molecule has 1 atom stereocenters. The van der Waals surface area contributed by atoms with E-state index in [9.17, 15) is 9.90 Å². The monoisotopic (exact) mass is 340 g/mol. The summed E-state index contributed by atoms with van der Waals surface area (Å²) >= 11 is 0. The van der Waals surface area contributed by atoms with Gasteiger partial charge in [0.15, 0.2) is 0 Å². The van der Waals surface area contributed by atoms with Crippen molar-refractivity contribution in [1.82, 2.24) is 5.32 Å². The minimum absolute atomic E-state index is 0.0324. The lowest BCUT2D eigenvalue weighted by atomic mass is 10.0. The van der Waals surface area contributed by atoms with Gasteiger partial charge in [-0.05, 0) is 36.2 Å². The maximum Gasteiger partial charge on any atom is 0.224 e. The topological polar surface area (TPSA) is 61.8 Å². The molecule has 2 N–H and O–H groups in total. The molecule has 5 nitrogen and oxygen atoms in total. The molecule has 5 heteroatoms. The van der Waals surface area contributed by atoms with Crippen LogP contribution in [0.3, 0.4) is 0 Å². The number of amides is 1. The fourth-order valence-corrected chi connectivity index (χ4v) is 3.12. The summed E-state index contributed by atoms with van der Waals surface area (Å²) in [6.07, 6.45) is 0.296. The van der Waals surface area contributed by atoms with Crippen molar-refractivity contribution in [2.75, 3.05) is 31.2 Å². The van der Waals surface area contributed by atoms with Crippen LogP contribution in [0.2, 0.25) is 0 Å². The molecule has 1 fully saturated rings. The van der Waals surface area contributed by atoms with Crippen LogP contribution >= 0.6 is 0 Å². The van der Waals surface area contributed by atoms with Crippen molar-refractivity contribution in [3.8, 4) is 5.75 Å². The van der Waals surface area contributed by atoms with Crippen molar-refractivity contribution >= 4 is 11.6 Å². The number of carbonyl (C=O) groups excluding carboxylic acids is 1. The summed E-state index contributed by atoms with van der Waals surface area (Å²) < 4.78 is 5.43. The van der Waals surface area contributed by atoms with E-state index in [4.69, 9.17) is 4.74 Å². The van der Waals surface area contributed by atoms with Gasteiger partial charge in [-0.1, -0.05) is 30.3 Å². The van der Waals surface area contributed by atoms with E-state index >= 15 is 0 Å². The van der Waals surface area contributed by atoms with E-state index in [2.05, 4.69) is 22.3 Å². The van der Waals surface area contributed by atoms with E-state index in [1.54, 1.807) is 24.3 Å². The Hall–Kier alpha value is -2.53. The fraction of sp³-hybridized carbons (Fsp3) is 0.350. The van der Waals surface area contributed by atoms with Crippen LogP contribution in [-0.4, -0.2) is 37.3 Å². The Morgan fingerprint density at radius 1 is 1.16 bits per heavy atom. The summed E-state index contributed by atoms with van der Waals surface area (Å²) in [5.41, 5.74) is 3.15. The van der Waals surface area contributed by atoms with Crippen molar-refractivity contribution in [1.29, 1.82) is 0 Å². The molecule has 1 saturated heterocycles. The lowest BCUT2D eigenvalue weighted by Crippen LogP contribution is -2.37. The highest BCUT2D eigenvalue weighted by Gasteiger charge is 2.18. The summed E-state index contributed by atoms with van der Waals surface area (Å²) in [5.74, 6) is 0.173. The maximum atomic E-state index is 12.4. The van der Waals surface area contributed by atoms with Gasteiger partial charge in [0.2, 0.25) is 5.91 Å². The lowest BCUT2D eigenvalue weighted by Gasteiger charge is -2.32. The number of rotatable bonds is 5. The number of nitrogens with one attached hydrogen (secondary N) is 1. The van der Waals surface area contributed by atoms with Gasteiger partial charge in [0.05, 0.1) is 25.7 Å². The Balaban J connectivity index is 1.67. The molecule has 1 aliphatic rings. The number of nitrogens with zero attached hydrogens (tertiary/aromatic N) is 1. The van der Waals surface area contributed by atoms with E-state index in [1.165, 1.54) is 0 Å². The summed E-state index contributed by atoms with van der Waals surface area (Å²) in [7, 11) is 0. The molecule has 25 heavy (non-hydrogen) atoms. The smallest absolute Gasteiger partial charge is 0.224 e. The molecule has 132 valence electrons. The van der Waals surface area contributed by atoms with E-state index in [0.717, 1.165) is 43.1 Å². The molecule has 0 aromatic heterocycles. The summed E-state index contributed by atoms with van der Waals surface area (Å²) in [6.45, 7) is 5.20. The number of hydrogen-bond donors (Lipinski definition) is 2. The standard InChI is InChI=1S/C20H24N2O3/c1-15(21-20(24)14-16-6-8-17(23)9-7-16)18-4-2-3-5-19(18)22-10-12-25-13-11-22/h2-9,15,23H,10-14H2,1H3,(H,21,24). The van der Waals surface area contributed by atoms with Gasteiger partial charge < -0.3 is 20.1 Å². The average molecular weight is 340 g/mol. The number of hydrogen-bond acceptors (Lipinski definition) is 4. The van der Waals surface area contributed by atoms with Crippen LogP contribution in [0.25, 0.3) is 0 Å². The molecule has 1 aliphatic heterocycles. The molecule has 0 radical (unpaired) electrons. The SMILES string of the molecule is CC(NC(=O)Cc1ccc(O)cc1)c1ccccc1N1CCOCC1. The van der Waals surface area contributed by atoms with Crippen LogP contribution in [0, 0.1) is 0 Å². The molecule has 1 unspecified atom stereocenters. The number of ether oxygens (including phenoxy) is 1. The molecule has 0 saturated carbocycles. The Labute approximate surface area is 148 Å². The summed E-state index contributed by atoms with van der Waals surface area (Å²) in [6, 6.07) is 14.8. The van der Waals surface area contributed by atoms with E-state index in [-0.39, 0.29) is 17.7 Å². The van der Waals surface area contributed by atoms with E-state index < -0.39 is 0 Å². The maximum absolute atomic E-state index is 12.4. The van der Waals surface area contributed by atoms with Gasteiger partial charge in [0, 0.05) is 18.8 Å². The highest BCUT2D eigenvalue weighted by atomic mass is 16.5. The number of benzene rings is 2. The zero-order chi connectivity index (χ0) is 17.6. The zero-order valence-corrected chi connectivity index (χ0v) is 14.4. The molecule has 1 amide bonds. The molecule has 2 aromatic carbocycles. The first-order valence-corrected chi connectivity index (χ1v) is 8.62. The van der Waals surface area contributed by atoms with Crippen molar-refractivity contribution in [2.45, 2.75) is 19.4 Å². The molecule has 2 aromatic rings. The molecule has 0 aliphatic carbocycles. The highest BCUT2D eigenvalue weighted by Crippen LogP contribution is 2.27. The zero-order valence-electron chi connectivity index (χ0n) is 14.4. The molecule has 0 spiro atoms. The van der Waals surface area contributed by atoms with Crippen molar-refractivity contribution in [2.24, 2.45) is 0 Å². The number of morpholine rings is 1. The van der Waals surface area contributed by atoms with Gasteiger partial charge in [-0.15, -0.1) is 0 Å². The second-order valence-electron chi connectivity index (χ2n) is 6.29. The van der Waals surface area contributed by atoms with Crippen LogP contribution in [0.5, 0.6) is 5.75 Å². The first-order valence-electron chi connectivity index (χ1n) is 8.62. The number of carbonyl (C=O) groups is 1. The number of anilines is 1. The van der Waals surface area contributed by atoms with Gasteiger partial charge in [-0.3, -0.25) is 4.79 Å². The summed E-state index contributed by atoms with van der Waals surface area (Å²) in [5, 5.41) is 12.4. The minimum Gasteiger partial charge on any atom is -0.508 e. The molecular weight excluding hydrogens is 316 g/mol. The first-order chi connectivity index (χ1) is 12.1. The molecule has 1 heterocycles. The molecule has 0 bridgehead atoms. The molecule has 3 rings (SSSR count). The second-order valence-corrected chi connectivity index (χ2v) is 6.29. The van der Waals surface area contributed by atoms with Crippen molar-refractivity contribution < 1.29 is 14.6 Å². The Morgan fingerprint density at radius 3 is 2.56 bits per heavy atom. The first kappa shape index (κ1) is 17.3. The Bertz CT molecular complexity index is 709. The predicted octanol–water partition coefficient (Wildman–Crippen LogP) is 2.65. The van der Waals surface area contributed by atoms with Gasteiger partial charge in [0.25, 0.3) is 0 Å². The number of para-hydroxylation sites is 1. The predicted molar refractivity (Wildman–Crippen MR) is 97.8 cm³/mol. The van der Waals surface area contributed by atoms with Gasteiger partial charge in [-0.25, -0.2) is 0 Å². The van der Waals surface area contributed by atoms with Crippen LogP contribution in [0.1, 0.15) is 24.1 Å². The number of phenols is 1. The fourth-order valence-electron chi connectivity index (χ4n) is 3.12. The third-order valence-electron chi connectivity index (χ3n) is 4.43. The van der Waals surface area contributed by atoms with Crippen LogP contribution in [0.4, 0.5) is 5.69 Å². The number of aromatic hydroxyl groups is 1. The second kappa shape index (κ2) is 8.03. The lowest BCUT2D eigenvalue weighted by molar-refractivity contribution is -0.121. The van der Waals surface area contributed by atoms with Crippen molar-refractivity contribution in [3.05, 3.63) is 59.7 Å². The number of phenolic OH excluding ortho intramolecular Hbond substituents is 1. The Morgan fingerprint density at radius 2 is 1.84 bits per heavy atom. The minimum atomic E-state index is -0.0799. The van der Waals surface area contributed by atoms with Crippen LogP contribution in [0.15, 0.2) is 48.5 Å². The van der Waals surface area contributed by atoms with Gasteiger partial charge >= 0.3 is 0 Å². The molecular formula is C20H24N2O3. The third kappa shape index (κ3) is 4.51. The quantitative estimate of drug-likeness (QED) is 0.878. The normalized spacial score (nSPS) is 15.6. The van der Waals surface area contributed by atoms with Crippen LogP contribution in [-0.2, 0) is 16.0 Å². The van der Waals surface area contributed by atoms with Crippen LogP contribution < -0.4 is 10.2 Å². The summed E-state index contributed by atoms with van der Waals surface area (Å²) in [4.78, 5) is 14.7. The van der Waals surface area contributed by atoms with Gasteiger partial charge in [0.1, 0.15) is 5.75 Å². The average Bonchev–Trinajstić information content (AvgIpc) is 2.64. The van der Waals surface area contributed by atoms with Gasteiger partial charge in [-0.2, -0.15) is 0 Å². The van der Waals surface area contributed by atoms with E-state index in [1.807, 2.05) is 19.1 Å². The highest BCUT2D eigenvalue weighted by molar-refractivity contribution is 5.79. The van der Waals surface area contributed by atoms with E-state index in [0.29, 0.717) is 6.42 Å².